The summed E-state index contributed by atoms with van der Waals surface area (Å²) in [6, 6.07) is 3.91. The van der Waals surface area contributed by atoms with Crippen LogP contribution in [0.4, 0.5) is 8.78 Å². The molecule has 0 amide bonds. The second kappa shape index (κ2) is 7.14. The van der Waals surface area contributed by atoms with Crippen molar-refractivity contribution in [1.82, 2.24) is 10.2 Å². The Balaban J connectivity index is 1.92. The molecule has 1 aliphatic rings. The molecule has 1 N–H and O–H groups in total. The third-order valence-corrected chi connectivity index (χ3v) is 4.41. The van der Waals surface area contributed by atoms with Crippen molar-refractivity contribution in [2.24, 2.45) is 5.92 Å². The number of benzene rings is 1. The molecule has 0 bridgehead atoms. The van der Waals surface area contributed by atoms with Crippen LogP contribution < -0.4 is 5.32 Å². The average Bonchev–Trinajstić information content (AvgIpc) is 2.45. The van der Waals surface area contributed by atoms with Crippen LogP contribution in [0.3, 0.4) is 0 Å². The lowest BCUT2D eigenvalue weighted by Gasteiger charge is -2.36. The zero-order valence-electron chi connectivity index (χ0n) is 12.3. The normalized spacial score (nSPS) is 19.2. The minimum atomic E-state index is -0.510. The van der Waals surface area contributed by atoms with Crippen LogP contribution in [0.25, 0.3) is 0 Å². The maximum absolute atomic E-state index is 13.8. The highest BCUT2D eigenvalue weighted by Gasteiger charge is 2.24. The van der Waals surface area contributed by atoms with Crippen molar-refractivity contribution >= 4 is 0 Å². The van der Waals surface area contributed by atoms with Gasteiger partial charge in [0, 0.05) is 17.7 Å². The molecule has 0 aliphatic carbocycles. The zero-order chi connectivity index (χ0) is 14.5. The van der Waals surface area contributed by atoms with E-state index in [0.717, 1.165) is 44.5 Å². The van der Waals surface area contributed by atoms with Crippen molar-refractivity contribution in [3.63, 3.8) is 0 Å². The highest BCUT2D eigenvalue weighted by Crippen LogP contribution is 2.29. The number of nitrogens with zero attached hydrogens (tertiary/aromatic N) is 1. The molecule has 4 heteroatoms. The first kappa shape index (κ1) is 15.4. The highest BCUT2D eigenvalue weighted by atomic mass is 19.1. The van der Waals surface area contributed by atoms with Gasteiger partial charge in [-0.15, -0.1) is 0 Å². The van der Waals surface area contributed by atoms with Crippen LogP contribution in [0.5, 0.6) is 0 Å². The predicted molar refractivity (Wildman–Crippen MR) is 77.6 cm³/mol. The maximum Gasteiger partial charge on any atom is 0.130 e. The van der Waals surface area contributed by atoms with Crippen LogP contribution in [0, 0.1) is 17.6 Å². The summed E-state index contributed by atoms with van der Waals surface area (Å²) in [7, 11) is 1.98. The Labute approximate surface area is 120 Å². The van der Waals surface area contributed by atoms with Crippen molar-refractivity contribution in [2.75, 3.05) is 26.7 Å². The summed E-state index contributed by atoms with van der Waals surface area (Å²) in [5, 5.41) is 3.19. The van der Waals surface area contributed by atoms with Gasteiger partial charge in [0.25, 0.3) is 0 Å². The van der Waals surface area contributed by atoms with E-state index in [1.165, 1.54) is 12.5 Å². The SMILES string of the molecule is CNCCC1CCN(C(C)c2ccc(F)cc2F)CC1. The topological polar surface area (TPSA) is 15.3 Å². The molecule has 20 heavy (non-hydrogen) atoms. The van der Waals surface area contributed by atoms with E-state index in [1.54, 1.807) is 6.07 Å². The Morgan fingerprint density at radius 3 is 2.60 bits per heavy atom. The van der Waals surface area contributed by atoms with Crippen LogP contribution in [-0.2, 0) is 0 Å². The van der Waals surface area contributed by atoms with Crippen molar-refractivity contribution in [3.05, 3.63) is 35.4 Å². The number of likely N-dealkylation sites (tertiary alicyclic amines) is 1. The van der Waals surface area contributed by atoms with E-state index in [0.29, 0.717) is 5.56 Å². The van der Waals surface area contributed by atoms with E-state index in [1.807, 2.05) is 14.0 Å². The van der Waals surface area contributed by atoms with Gasteiger partial charge < -0.3 is 5.32 Å². The van der Waals surface area contributed by atoms with Crippen molar-refractivity contribution in [1.29, 1.82) is 0 Å². The van der Waals surface area contributed by atoms with Gasteiger partial charge >= 0.3 is 0 Å². The number of rotatable bonds is 5. The Bertz CT molecular complexity index is 428. The van der Waals surface area contributed by atoms with E-state index < -0.39 is 11.6 Å². The lowest BCUT2D eigenvalue weighted by molar-refractivity contribution is 0.135. The Hall–Kier alpha value is -1.00. The van der Waals surface area contributed by atoms with Crippen molar-refractivity contribution < 1.29 is 8.78 Å². The third kappa shape index (κ3) is 3.76. The number of halogens is 2. The lowest BCUT2D eigenvalue weighted by Crippen LogP contribution is -2.36. The number of piperidine rings is 1. The van der Waals surface area contributed by atoms with Gasteiger partial charge in [0.15, 0.2) is 0 Å². The molecule has 112 valence electrons. The zero-order valence-corrected chi connectivity index (χ0v) is 12.3. The monoisotopic (exact) mass is 282 g/mol. The van der Waals surface area contributed by atoms with Gasteiger partial charge in [0.05, 0.1) is 0 Å². The molecule has 0 spiro atoms. The first-order valence-electron chi connectivity index (χ1n) is 7.45. The van der Waals surface area contributed by atoms with Crippen LogP contribution >= 0.6 is 0 Å². The van der Waals surface area contributed by atoms with Crippen LogP contribution in [0.2, 0.25) is 0 Å². The minimum absolute atomic E-state index is 0.0147. The molecule has 2 nitrogen and oxygen atoms in total. The fourth-order valence-electron chi connectivity index (χ4n) is 3.01. The van der Waals surface area contributed by atoms with Crippen LogP contribution in [0.15, 0.2) is 18.2 Å². The first-order chi connectivity index (χ1) is 9.61. The molecule has 1 unspecified atom stereocenters. The Morgan fingerprint density at radius 2 is 2.00 bits per heavy atom. The molecule has 1 saturated heterocycles. The quantitative estimate of drug-likeness (QED) is 0.891. The van der Waals surface area contributed by atoms with Crippen LogP contribution in [0.1, 0.15) is 37.8 Å². The summed E-state index contributed by atoms with van der Waals surface area (Å²) in [4.78, 5) is 2.30. The van der Waals surface area contributed by atoms with E-state index in [4.69, 9.17) is 0 Å². The average molecular weight is 282 g/mol. The molecule has 1 heterocycles. The van der Waals surface area contributed by atoms with E-state index in [2.05, 4.69) is 10.2 Å². The van der Waals surface area contributed by atoms with Crippen LogP contribution in [-0.4, -0.2) is 31.6 Å². The Morgan fingerprint density at radius 1 is 1.30 bits per heavy atom. The van der Waals surface area contributed by atoms with Gasteiger partial charge in [-0.3, -0.25) is 4.90 Å². The molecule has 0 radical (unpaired) electrons. The van der Waals surface area contributed by atoms with Gasteiger partial charge in [-0.2, -0.15) is 0 Å². The molecule has 0 saturated carbocycles. The van der Waals surface area contributed by atoms with E-state index >= 15 is 0 Å². The summed E-state index contributed by atoms with van der Waals surface area (Å²) < 4.78 is 26.8. The van der Waals surface area contributed by atoms with Crippen molar-refractivity contribution in [2.45, 2.75) is 32.2 Å². The molecule has 1 aliphatic heterocycles. The standard InChI is InChI=1S/C16H24F2N2/c1-12(15-4-3-14(17)11-16(15)18)20-9-6-13(7-10-20)5-8-19-2/h3-4,11-13,19H,5-10H2,1-2H3. The second-order valence-electron chi connectivity index (χ2n) is 5.71. The number of hydrogen-bond acceptors (Lipinski definition) is 2. The molecule has 1 aromatic rings. The maximum atomic E-state index is 13.8. The Kier molecular flexibility index (Phi) is 5.49. The summed E-state index contributed by atoms with van der Waals surface area (Å²) in [6.07, 6.45) is 3.54. The second-order valence-corrected chi connectivity index (χ2v) is 5.71. The van der Waals surface area contributed by atoms with Gasteiger partial charge in [0.1, 0.15) is 11.6 Å². The summed E-state index contributed by atoms with van der Waals surface area (Å²) in [5.74, 6) is -0.178. The van der Waals surface area contributed by atoms with Gasteiger partial charge in [-0.1, -0.05) is 6.07 Å². The molecule has 2 rings (SSSR count). The van der Waals surface area contributed by atoms with Gasteiger partial charge in [0.2, 0.25) is 0 Å². The summed E-state index contributed by atoms with van der Waals surface area (Å²) in [5.41, 5.74) is 0.597. The lowest BCUT2D eigenvalue weighted by atomic mass is 9.92. The smallest absolute Gasteiger partial charge is 0.130 e. The third-order valence-electron chi connectivity index (χ3n) is 4.41. The molecular weight excluding hydrogens is 258 g/mol. The van der Waals surface area contributed by atoms with Gasteiger partial charge in [-0.25, -0.2) is 8.78 Å². The molecule has 1 aromatic carbocycles. The van der Waals surface area contributed by atoms with Gasteiger partial charge in [-0.05, 0) is 64.9 Å². The molecular formula is C16H24F2N2. The number of nitrogens with one attached hydrogen (secondary N) is 1. The highest BCUT2D eigenvalue weighted by molar-refractivity contribution is 5.21. The molecule has 0 aromatic heterocycles. The van der Waals surface area contributed by atoms with Crippen molar-refractivity contribution in [3.8, 4) is 0 Å². The van der Waals surface area contributed by atoms with E-state index in [-0.39, 0.29) is 6.04 Å². The largest absolute Gasteiger partial charge is 0.320 e. The summed E-state index contributed by atoms with van der Waals surface area (Å²) >= 11 is 0. The number of hydrogen-bond donors (Lipinski definition) is 1. The minimum Gasteiger partial charge on any atom is -0.320 e. The van der Waals surface area contributed by atoms with E-state index in [9.17, 15) is 8.78 Å². The summed E-state index contributed by atoms with van der Waals surface area (Å²) in [6.45, 7) is 5.05. The molecule has 1 fully saturated rings. The predicted octanol–water partition coefficient (Wildman–Crippen LogP) is 3.35. The fraction of sp³-hybridized carbons (Fsp3) is 0.625. The fourth-order valence-corrected chi connectivity index (χ4v) is 3.01. The molecule has 1 atom stereocenters. The first-order valence-corrected chi connectivity index (χ1v) is 7.45.